The van der Waals surface area contributed by atoms with E-state index >= 15 is 0 Å². The predicted octanol–water partition coefficient (Wildman–Crippen LogP) is 2.26. The number of nitrogens with one attached hydrogen (secondary N) is 1. The van der Waals surface area contributed by atoms with Crippen molar-refractivity contribution in [3.8, 4) is 0 Å². The fourth-order valence-corrected chi connectivity index (χ4v) is 1.66. The Labute approximate surface area is 94.8 Å². The van der Waals surface area contributed by atoms with Crippen LogP contribution in [0.15, 0.2) is 27.5 Å². The summed E-state index contributed by atoms with van der Waals surface area (Å²) < 4.78 is 4.37. The Morgan fingerprint density at radius 3 is 2.80 bits per heavy atom. The monoisotopic (exact) mass is 244 g/mol. The summed E-state index contributed by atoms with van der Waals surface area (Å²) in [5, 5.41) is 4.64. The van der Waals surface area contributed by atoms with Crippen LogP contribution in [0, 0.1) is 0 Å². The molecule has 15 heavy (non-hydrogen) atoms. The lowest BCUT2D eigenvalue weighted by molar-refractivity contribution is 0.382. The van der Waals surface area contributed by atoms with Crippen LogP contribution in [0.1, 0.15) is 11.4 Å². The first-order valence-corrected chi connectivity index (χ1v) is 4.89. The van der Waals surface area contributed by atoms with Crippen molar-refractivity contribution in [1.82, 2.24) is 10.1 Å². The van der Waals surface area contributed by atoms with Crippen molar-refractivity contribution in [2.75, 3.05) is 0 Å². The topological polar surface area (TPSA) is 58.9 Å². The second kappa shape index (κ2) is 4.08. The van der Waals surface area contributed by atoms with Gasteiger partial charge in [-0.05, 0) is 17.7 Å². The lowest BCUT2D eigenvalue weighted by atomic mass is 10.1. The fraction of sp³-hybridized carbons (Fsp3) is 0.111. The fourth-order valence-electron chi connectivity index (χ4n) is 1.18. The first-order chi connectivity index (χ1) is 7.15. The number of aromatic amines is 1. The third-order valence-corrected chi connectivity index (χ3v) is 2.45. The summed E-state index contributed by atoms with van der Waals surface area (Å²) in [7, 11) is 0. The number of rotatable bonds is 2. The molecule has 4 nitrogen and oxygen atoms in total. The molecular weight excluding hydrogens is 239 g/mol. The average Bonchev–Trinajstić information content (AvgIpc) is 2.56. The number of nitrogens with zero attached hydrogens (tertiary/aromatic N) is 1. The van der Waals surface area contributed by atoms with Gasteiger partial charge < -0.3 is 0 Å². The molecule has 0 saturated heterocycles. The van der Waals surface area contributed by atoms with Gasteiger partial charge in [0.15, 0.2) is 5.82 Å². The van der Waals surface area contributed by atoms with Crippen LogP contribution < -0.4 is 5.76 Å². The second-order valence-corrected chi connectivity index (χ2v) is 3.80. The van der Waals surface area contributed by atoms with Gasteiger partial charge in [0.1, 0.15) is 0 Å². The van der Waals surface area contributed by atoms with E-state index in [-0.39, 0.29) is 0 Å². The minimum atomic E-state index is -0.574. The summed E-state index contributed by atoms with van der Waals surface area (Å²) in [6, 6.07) is 5.13. The van der Waals surface area contributed by atoms with Crippen LogP contribution >= 0.6 is 23.2 Å². The minimum Gasteiger partial charge on any atom is -0.296 e. The van der Waals surface area contributed by atoms with Crippen LogP contribution in [-0.4, -0.2) is 10.1 Å². The largest absolute Gasteiger partial charge is 0.438 e. The summed E-state index contributed by atoms with van der Waals surface area (Å²) in [6.45, 7) is 0. The summed E-state index contributed by atoms with van der Waals surface area (Å²) in [5.41, 5.74) is 0.825. The molecule has 0 aliphatic carbocycles. The normalized spacial score (nSPS) is 10.5. The Bertz CT molecular complexity index is 533. The van der Waals surface area contributed by atoms with Gasteiger partial charge in [0.2, 0.25) is 0 Å². The highest BCUT2D eigenvalue weighted by Gasteiger charge is 2.06. The number of aromatic nitrogens is 2. The van der Waals surface area contributed by atoms with Crippen molar-refractivity contribution in [2.45, 2.75) is 6.42 Å². The van der Waals surface area contributed by atoms with E-state index in [1.54, 1.807) is 18.2 Å². The van der Waals surface area contributed by atoms with Crippen LogP contribution in [0.3, 0.4) is 0 Å². The quantitative estimate of drug-likeness (QED) is 0.882. The smallest absolute Gasteiger partial charge is 0.296 e. The second-order valence-electron chi connectivity index (χ2n) is 2.95. The van der Waals surface area contributed by atoms with Crippen LogP contribution in [-0.2, 0) is 6.42 Å². The first-order valence-electron chi connectivity index (χ1n) is 4.14. The molecule has 2 rings (SSSR count). The third kappa shape index (κ3) is 2.40. The molecule has 0 spiro atoms. The van der Waals surface area contributed by atoms with Gasteiger partial charge in [0.25, 0.3) is 0 Å². The van der Waals surface area contributed by atoms with E-state index in [4.69, 9.17) is 23.2 Å². The molecule has 0 fully saturated rings. The van der Waals surface area contributed by atoms with E-state index in [0.717, 1.165) is 5.56 Å². The van der Waals surface area contributed by atoms with Crippen molar-refractivity contribution >= 4 is 23.2 Å². The molecule has 1 heterocycles. The molecule has 0 unspecified atom stereocenters. The Morgan fingerprint density at radius 2 is 2.20 bits per heavy atom. The third-order valence-electron chi connectivity index (χ3n) is 1.86. The van der Waals surface area contributed by atoms with Gasteiger partial charge in [-0.1, -0.05) is 34.4 Å². The molecule has 0 saturated carbocycles. The number of halogens is 2. The van der Waals surface area contributed by atoms with Gasteiger partial charge in [-0.15, -0.1) is 0 Å². The molecule has 1 N–H and O–H groups in total. The van der Waals surface area contributed by atoms with Crippen molar-refractivity contribution in [3.05, 3.63) is 50.2 Å². The van der Waals surface area contributed by atoms with Crippen LogP contribution in [0.25, 0.3) is 0 Å². The van der Waals surface area contributed by atoms with E-state index < -0.39 is 5.76 Å². The molecule has 78 valence electrons. The van der Waals surface area contributed by atoms with E-state index in [9.17, 15) is 4.79 Å². The van der Waals surface area contributed by atoms with Gasteiger partial charge in [-0.3, -0.25) is 9.51 Å². The molecule has 0 aliphatic heterocycles. The lowest BCUT2D eigenvalue weighted by Crippen LogP contribution is -1.98. The van der Waals surface area contributed by atoms with Crippen molar-refractivity contribution in [1.29, 1.82) is 0 Å². The number of benzene rings is 1. The van der Waals surface area contributed by atoms with Crippen molar-refractivity contribution < 1.29 is 4.52 Å². The SMILES string of the molecule is O=c1[nH]c(Cc2ccc(Cl)cc2Cl)no1. The Balaban J connectivity index is 2.28. The Hall–Kier alpha value is -1.26. The maximum atomic E-state index is 10.7. The summed E-state index contributed by atoms with van der Waals surface area (Å²) >= 11 is 11.7. The predicted molar refractivity (Wildman–Crippen MR) is 56.4 cm³/mol. The number of H-pyrrole nitrogens is 1. The molecule has 2 aromatic rings. The summed E-state index contributed by atoms with van der Waals surface area (Å²) in [6.07, 6.45) is 0.405. The van der Waals surface area contributed by atoms with Gasteiger partial charge in [-0.2, -0.15) is 0 Å². The molecule has 0 aliphatic rings. The standard InChI is InChI=1S/C9H6Cl2N2O2/c10-6-2-1-5(7(11)4-6)3-8-12-9(14)15-13-8/h1-2,4H,3H2,(H,12,13,14). The van der Waals surface area contributed by atoms with Gasteiger partial charge >= 0.3 is 5.76 Å². The Morgan fingerprint density at radius 1 is 1.40 bits per heavy atom. The number of hydrogen-bond acceptors (Lipinski definition) is 3. The highest BCUT2D eigenvalue weighted by atomic mass is 35.5. The maximum absolute atomic E-state index is 10.7. The highest BCUT2D eigenvalue weighted by molar-refractivity contribution is 6.35. The van der Waals surface area contributed by atoms with Crippen LogP contribution in [0.4, 0.5) is 0 Å². The van der Waals surface area contributed by atoms with Gasteiger partial charge in [0.05, 0.1) is 0 Å². The molecule has 0 amide bonds. The van der Waals surface area contributed by atoms with E-state index in [1.165, 1.54) is 0 Å². The molecule has 0 radical (unpaired) electrons. The lowest BCUT2D eigenvalue weighted by Gasteiger charge is -2.00. The Kier molecular flexibility index (Phi) is 2.79. The van der Waals surface area contributed by atoms with Crippen molar-refractivity contribution in [3.63, 3.8) is 0 Å². The molecule has 0 atom stereocenters. The summed E-state index contributed by atoms with van der Waals surface area (Å²) in [4.78, 5) is 13.1. The molecule has 1 aromatic carbocycles. The molecular formula is C9H6Cl2N2O2. The first kappa shape index (κ1) is 10.3. The number of hydrogen-bond donors (Lipinski definition) is 1. The molecule has 1 aromatic heterocycles. The average molecular weight is 245 g/mol. The maximum Gasteiger partial charge on any atom is 0.438 e. The van der Waals surface area contributed by atoms with Crippen LogP contribution in [0.2, 0.25) is 10.0 Å². The van der Waals surface area contributed by atoms with Crippen molar-refractivity contribution in [2.24, 2.45) is 0 Å². The minimum absolute atomic E-state index is 0.405. The van der Waals surface area contributed by atoms with Crippen LogP contribution in [0.5, 0.6) is 0 Å². The molecule has 0 bridgehead atoms. The zero-order valence-electron chi connectivity index (χ0n) is 7.46. The highest BCUT2D eigenvalue weighted by Crippen LogP contribution is 2.22. The molecule has 6 heteroatoms. The van der Waals surface area contributed by atoms with E-state index in [1.807, 2.05) is 0 Å². The van der Waals surface area contributed by atoms with Gasteiger partial charge in [-0.25, -0.2) is 4.79 Å². The van der Waals surface area contributed by atoms with E-state index in [0.29, 0.717) is 22.3 Å². The van der Waals surface area contributed by atoms with Gasteiger partial charge in [0, 0.05) is 16.5 Å². The van der Waals surface area contributed by atoms with E-state index in [2.05, 4.69) is 14.7 Å². The zero-order chi connectivity index (χ0) is 10.8. The summed E-state index contributed by atoms with van der Waals surface area (Å²) in [5.74, 6) is -0.140. The zero-order valence-corrected chi connectivity index (χ0v) is 8.97.